The van der Waals surface area contributed by atoms with Gasteiger partial charge in [-0.3, -0.25) is 9.69 Å². The summed E-state index contributed by atoms with van der Waals surface area (Å²) in [4.78, 5) is 16.4. The van der Waals surface area contributed by atoms with Crippen LogP contribution in [0.5, 0.6) is 0 Å². The van der Waals surface area contributed by atoms with E-state index >= 15 is 0 Å². The number of carbonyl (C=O) groups excluding carboxylic acids is 1. The summed E-state index contributed by atoms with van der Waals surface area (Å²) in [6, 6.07) is 0. The molecule has 2 fully saturated rings. The molecule has 0 unspecified atom stereocenters. The van der Waals surface area contributed by atoms with Crippen molar-refractivity contribution in [2.75, 3.05) is 39.8 Å². The van der Waals surface area contributed by atoms with Gasteiger partial charge in [-0.05, 0) is 39.7 Å². The Balaban J connectivity index is 1.77. The Kier molecular flexibility index (Phi) is 3.46. The summed E-state index contributed by atoms with van der Waals surface area (Å²) in [6.45, 7) is 10.6. The third kappa shape index (κ3) is 3.42. The number of esters is 1. The lowest BCUT2D eigenvalue weighted by molar-refractivity contribution is -0.155. The van der Waals surface area contributed by atoms with Gasteiger partial charge in [0.25, 0.3) is 0 Å². The Morgan fingerprint density at radius 3 is 2.18 bits per heavy atom. The monoisotopic (exact) mass is 240 g/mol. The van der Waals surface area contributed by atoms with E-state index in [1.54, 1.807) is 0 Å². The van der Waals surface area contributed by atoms with E-state index in [1.165, 1.54) is 13.1 Å². The van der Waals surface area contributed by atoms with Crippen LogP contribution in [0.4, 0.5) is 0 Å². The van der Waals surface area contributed by atoms with Gasteiger partial charge in [-0.25, -0.2) is 0 Å². The number of carbonyl (C=O) groups is 1. The maximum absolute atomic E-state index is 11.7. The number of hydrogen-bond acceptors (Lipinski definition) is 4. The Hall–Kier alpha value is -0.610. The van der Waals surface area contributed by atoms with E-state index < -0.39 is 0 Å². The summed E-state index contributed by atoms with van der Waals surface area (Å²) in [6.07, 6.45) is 0. The van der Waals surface area contributed by atoms with E-state index in [9.17, 15) is 4.79 Å². The highest BCUT2D eigenvalue weighted by Crippen LogP contribution is 2.29. The van der Waals surface area contributed by atoms with Crippen molar-refractivity contribution in [2.45, 2.75) is 26.4 Å². The van der Waals surface area contributed by atoms with Crippen LogP contribution in [0.2, 0.25) is 0 Å². The SMILES string of the molecule is CN1C[C@@H]2CN(CC(=O)OC(C)(C)C)C[C@@H]2C1. The van der Waals surface area contributed by atoms with E-state index in [4.69, 9.17) is 4.74 Å². The highest BCUT2D eigenvalue weighted by Gasteiger charge is 2.39. The first-order valence-electron chi connectivity index (χ1n) is 6.46. The third-order valence-corrected chi connectivity index (χ3v) is 3.52. The van der Waals surface area contributed by atoms with Crippen LogP contribution < -0.4 is 0 Å². The second-order valence-electron chi connectivity index (χ2n) is 6.52. The summed E-state index contributed by atoms with van der Waals surface area (Å²) >= 11 is 0. The maximum Gasteiger partial charge on any atom is 0.320 e. The van der Waals surface area contributed by atoms with Crippen molar-refractivity contribution in [3.05, 3.63) is 0 Å². The lowest BCUT2D eigenvalue weighted by atomic mass is 10.0. The lowest BCUT2D eigenvalue weighted by Crippen LogP contribution is -2.35. The minimum atomic E-state index is -0.368. The summed E-state index contributed by atoms with van der Waals surface area (Å²) in [5.41, 5.74) is -0.368. The normalized spacial score (nSPS) is 30.6. The molecule has 98 valence electrons. The van der Waals surface area contributed by atoms with Crippen molar-refractivity contribution >= 4 is 5.97 Å². The highest BCUT2D eigenvalue weighted by atomic mass is 16.6. The molecule has 4 heteroatoms. The zero-order chi connectivity index (χ0) is 12.6. The molecule has 0 aromatic rings. The van der Waals surface area contributed by atoms with Crippen molar-refractivity contribution in [1.82, 2.24) is 9.80 Å². The van der Waals surface area contributed by atoms with E-state index in [2.05, 4.69) is 16.8 Å². The molecule has 0 bridgehead atoms. The minimum absolute atomic E-state index is 0.0918. The van der Waals surface area contributed by atoms with Gasteiger partial charge in [-0.2, -0.15) is 0 Å². The Morgan fingerprint density at radius 2 is 1.71 bits per heavy atom. The number of fused-ring (bicyclic) bond motifs is 1. The zero-order valence-electron chi connectivity index (χ0n) is 11.4. The van der Waals surface area contributed by atoms with Gasteiger partial charge in [0.1, 0.15) is 5.60 Å². The molecule has 0 saturated carbocycles. The van der Waals surface area contributed by atoms with Gasteiger partial charge in [-0.15, -0.1) is 0 Å². The van der Waals surface area contributed by atoms with Crippen LogP contribution in [-0.4, -0.2) is 61.1 Å². The molecule has 2 atom stereocenters. The largest absolute Gasteiger partial charge is 0.459 e. The van der Waals surface area contributed by atoms with Gasteiger partial charge in [-0.1, -0.05) is 0 Å². The van der Waals surface area contributed by atoms with Crippen LogP contribution in [0, 0.1) is 11.8 Å². The number of hydrogen-bond donors (Lipinski definition) is 0. The van der Waals surface area contributed by atoms with Crippen molar-refractivity contribution in [3.63, 3.8) is 0 Å². The van der Waals surface area contributed by atoms with Crippen molar-refractivity contribution in [3.8, 4) is 0 Å². The van der Waals surface area contributed by atoms with Crippen LogP contribution >= 0.6 is 0 Å². The molecule has 0 spiro atoms. The first-order valence-corrected chi connectivity index (χ1v) is 6.46. The predicted octanol–water partition coefficient (Wildman–Crippen LogP) is 0.821. The van der Waals surface area contributed by atoms with Crippen molar-refractivity contribution in [2.24, 2.45) is 11.8 Å². The maximum atomic E-state index is 11.7. The smallest absolute Gasteiger partial charge is 0.320 e. The van der Waals surface area contributed by atoms with Gasteiger partial charge >= 0.3 is 5.97 Å². The van der Waals surface area contributed by atoms with Crippen LogP contribution in [0.1, 0.15) is 20.8 Å². The topological polar surface area (TPSA) is 32.8 Å². The molecule has 0 aliphatic carbocycles. The molecule has 2 aliphatic rings. The standard InChI is InChI=1S/C13H24N2O2/c1-13(2,3)17-12(16)9-15-7-10-5-14(4)6-11(10)8-15/h10-11H,5-9H2,1-4H3/t10-,11+. The first-order chi connectivity index (χ1) is 7.83. The number of likely N-dealkylation sites (tertiary alicyclic amines) is 2. The third-order valence-electron chi connectivity index (χ3n) is 3.52. The van der Waals surface area contributed by atoms with E-state index in [0.717, 1.165) is 24.9 Å². The Bertz CT molecular complexity index is 284. The fourth-order valence-electron chi connectivity index (χ4n) is 3.01. The van der Waals surface area contributed by atoms with Crippen LogP contribution in [-0.2, 0) is 9.53 Å². The minimum Gasteiger partial charge on any atom is -0.459 e. The van der Waals surface area contributed by atoms with Gasteiger partial charge in [0.2, 0.25) is 0 Å². The number of rotatable bonds is 2. The lowest BCUT2D eigenvalue weighted by Gasteiger charge is -2.23. The number of ether oxygens (including phenoxy) is 1. The molecule has 0 N–H and O–H groups in total. The molecule has 17 heavy (non-hydrogen) atoms. The molecule has 0 amide bonds. The average molecular weight is 240 g/mol. The molecule has 0 aromatic carbocycles. The summed E-state index contributed by atoms with van der Waals surface area (Å²) in [5.74, 6) is 1.41. The molecule has 2 heterocycles. The highest BCUT2D eigenvalue weighted by molar-refractivity contribution is 5.72. The fraction of sp³-hybridized carbons (Fsp3) is 0.923. The molecule has 2 saturated heterocycles. The quantitative estimate of drug-likeness (QED) is 0.669. The van der Waals surface area contributed by atoms with Gasteiger partial charge in [0.15, 0.2) is 0 Å². The van der Waals surface area contributed by atoms with Crippen LogP contribution in [0.3, 0.4) is 0 Å². The molecule has 4 nitrogen and oxygen atoms in total. The molecular formula is C13H24N2O2. The summed E-state index contributed by atoms with van der Waals surface area (Å²) in [7, 11) is 2.18. The second kappa shape index (κ2) is 4.58. The van der Waals surface area contributed by atoms with Crippen molar-refractivity contribution in [1.29, 1.82) is 0 Å². The van der Waals surface area contributed by atoms with E-state index in [1.807, 2.05) is 20.8 Å². The van der Waals surface area contributed by atoms with E-state index in [0.29, 0.717) is 6.54 Å². The fourth-order valence-corrected chi connectivity index (χ4v) is 3.01. The molecule has 0 aromatic heterocycles. The van der Waals surface area contributed by atoms with Gasteiger partial charge in [0.05, 0.1) is 6.54 Å². The number of nitrogens with zero attached hydrogens (tertiary/aromatic N) is 2. The Morgan fingerprint density at radius 1 is 1.18 bits per heavy atom. The molecular weight excluding hydrogens is 216 g/mol. The van der Waals surface area contributed by atoms with E-state index in [-0.39, 0.29) is 11.6 Å². The predicted molar refractivity (Wildman–Crippen MR) is 66.8 cm³/mol. The van der Waals surface area contributed by atoms with Crippen LogP contribution in [0.15, 0.2) is 0 Å². The summed E-state index contributed by atoms with van der Waals surface area (Å²) in [5, 5.41) is 0. The summed E-state index contributed by atoms with van der Waals surface area (Å²) < 4.78 is 5.35. The second-order valence-corrected chi connectivity index (χ2v) is 6.52. The average Bonchev–Trinajstić information content (AvgIpc) is 2.56. The molecule has 2 rings (SSSR count). The van der Waals surface area contributed by atoms with Gasteiger partial charge < -0.3 is 9.64 Å². The Labute approximate surface area is 104 Å². The zero-order valence-corrected chi connectivity index (χ0v) is 11.4. The first kappa shape index (κ1) is 12.8. The molecule has 0 radical (unpaired) electrons. The van der Waals surface area contributed by atoms with Crippen LogP contribution in [0.25, 0.3) is 0 Å². The van der Waals surface area contributed by atoms with Gasteiger partial charge in [0, 0.05) is 26.2 Å². The van der Waals surface area contributed by atoms with Crippen molar-refractivity contribution < 1.29 is 9.53 Å². The molecule has 2 aliphatic heterocycles.